The molecule has 0 aromatic heterocycles. The van der Waals surface area contributed by atoms with Gasteiger partial charge in [0.25, 0.3) is 6.02 Å². The molecule has 1 heterocycles. The second-order valence-electron chi connectivity index (χ2n) is 6.52. The van der Waals surface area contributed by atoms with E-state index in [2.05, 4.69) is 39.9 Å². The van der Waals surface area contributed by atoms with Crippen molar-refractivity contribution in [2.75, 3.05) is 11.2 Å². The molecule has 0 fully saturated rings. The highest BCUT2D eigenvalue weighted by molar-refractivity contribution is 6.29. The Kier molecular flexibility index (Phi) is 4.80. The van der Waals surface area contributed by atoms with E-state index in [-0.39, 0.29) is 17.8 Å². The molecule has 0 unspecified atom stereocenters. The van der Waals surface area contributed by atoms with E-state index in [1.54, 1.807) is 0 Å². The Morgan fingerprint density at radius 1 is 1.23 bits per heavy atom. The molecule has 1 aliphatic heterocycles. The summed E-state index contributed by atoms with van der Waals surface area (Å²) >= 11 is 5.53. The summed E-state index contributed by atoms with van der Waals surface area (Å²) < 4.78 is 5.81. The number of nitrogens with one attached hydrogen (secondary N) is 2. The Morgan fingerprint density at radius 3 is 3.00 bits per heavy atom. The minimum Gasteiger partial charge on any atom is -0.460 e. The van der Waals surface area contributed by atoms with Crippen LogP contribution in [0.1, 0.15) is 35.6 Å². The highest BCUT2D eigenvalue weighted by Crippen LogP contribution is 2.31. The van der Waals surface area contributed by atoms with Crippen molar-refractivity contribution in [1.82, 2.24) is 5.32 Å². The van der Waals surface area contributed by atoms with E-state index in [0.717, 1.165) is 30.5 Å². The minimum atomic E-state index is -0.231. The summed E-state index contributed by atoms with van der Waals surface area (Å²) in [4.78, 5) is 16.0. The highest BCUT2D eigenvalue weighted by Gasteiger charge is 2.23. The van der Waals surface area contributed by atoms with Gasteiger partial charge in [-0.05, 0) is 48.6 Å². The summed E-state index contributed by atoms with van der Waals surface area (Å²) in [5.41, 5.74) is 5.22. The van der Waals surface area contributed by atoms with E-state index in [1.807, 2.05) is 18.2 Å². The van der Waals surface area contributed by atoms with E-state index in [9.17, 15) is 4.79 Å². The van der Waals surface area contributed by atoms with Crippen molar-refractivity contribution >= 4 is 34.9 Å². The number of ether oxygens (including phenoxy) is 1. The van der Waals surface area contributed by atoms with Crippen LogP contribution >= 0.6 is 11.6 Å². The van der Waals surface area contributed by atoms with Crippen LogP contribution in [0.15, 0.2) is 47.5 Å². The quantitative estimate of drug-likeness (QED) is 0.802. The summed E-state index contributed by atoms with van der Waals surface area (Å²) in [5.74, 6) is -0.298. The molecule has 5 nitrogen and oxygen atoms in total. The monoisotopic (exact) mass is 369 g/mol. The zero-order valence-corrected chi connectivity index (χ0v) is 15.1. The summed E-state index contributed by atoms with van der Waals surface area (Å²) in [5, 5.41) is 6.19. The Bertz CT molecular complexity index is 866. The summed E-state index contributed by atoms with van der Waals surface area (Å²) in [6, 6.07) is 14.9. The van der Waals surface area contributed by atoms with Crippen molar-refractivity contribution in [2.24, 2.45) is 4.99 Å². The Labute approximate surface area is 157 Å². The molecule has 4 rings (SSSR count). The van der Waals surface area contributed by atoms with E-state index >= 15 is 0 Å². The molecule has 0 spiro atoms. The molecule has 1 aliphatic carbocycles. The Balaban J connectivity index is 1.51. The molecule has 2 N–H and O–H groups in total. The number of nitrogens with zero attached hydrogens (tertiary/aromatic N) is 1. The van der Waals surface area contributed by atoms with Crippen molar-refractivity contribution < 1.29 is 9.53 Å². The average molecular weight is 370 g/mol. The average Bonchev–Trinajstić information content (AvgIpc) is 2.68. The second kappa shape index (κ2) is 7.38. The third-order valence-corrected chi connectivity index (χ3v) is 4.98. The Hall–Kier alpha value is -2.53. The third-order valence-electron chi connectivity index (χ3n) is 4.74. The first kappa shape index (κ1) is 16.9. The van der Waals surface area contributed by atoms with Crippen LogP contribution in [0, 0.1) is 0 Å². The molecule has 134 valence electrons. The molecule has 2 aromatic rings. The number of benzene rings is 2. The normalized spacial score (nSPS) is 18.0. The predicted molar refractivity (Wildman–Crippen MR) is 103 cm³/mol. The summed E-state index contributed by atoms with van der Waals surface area (Å²) in [6.45, 7) is 0.417. The number of fused-ring (bicyclic) bond motifs is 2. The van der Waals surface area contributed by atoms with Gasteiger partial charge in [-0.25, -0.2) is 0 Å². The lowest BCUT2D eigenvalue weighted by molar-refractivity contribution is -0.113. The van der Waals surface area contributed by atoms with Gasteiger partial charge in [-0.1, -0.05) is 24.3 Å². The van der Waals surface area contributed by atoms with Crippen LogP contribution < -0.4 is 10.6 Å². The predicted octanol–water partition coefficient (Wildman–Crippen LogP) is 4.05. The first-order chi connectivity index (χ1) is 12.7. The molecule has 1 atom stereocenters. The van der Waals surface area contributed by atoms with Crippen molar-refractivity contribution in [3.63, 3.8) is 0 Å². The van der Waals surface area contributed by atoms with E-state index < -0.39 is 0 Å². The van der Waals surface area contributed by atoms with Gasteiger partial charge in [0.1, 0.15) is 12.5 Å². The van der Waals surface area contributed by atoms with Gasteiger partial charge in [0.2, 0.25) is 5.91 Å². The van der Waals surface area contributed by atoms with Gasteiger partial charge >= 0.3 is 0 Å². The second-order valence-corrected chi connectivity index (χ2v) is 6.79. The van der Waals surface area contributed by atoms with Crippen LogP contribution in [0.3, 0.4) is 0 Å². The fraction of sp³-hybridized carbons (Fsp3) is 0.300. The van der Waals surface area contributed by atoms with Crippen LogP contribution in [0.4, 0.5) is 11.4 Å². The molecule has 6 heteroatoms. The molecular weight excluding hydrogens is 350 g/mol. The van der Waals surface area contributed by atoms with Gasteiger partial charge in [-0.15, -0.1) is 11.6 Å². The molecular formula is C20H20ClN3O2. The molecule has 0 saturated heterocycles. The molecule has 0 radical (unpaired) electrons. The molecule has 26 heavy (non-hydrogen) atoms. The number of carbonyl (C=O) groups excluding carboxylic acids is 1. The van der Waals surface area contributed by atoms with Crippen molar-refractivity contribution in [3.8, 4) is 0 Å². The van der Waals surface area contributed by atoms with Crippen LogP contribution in [-0.2, 0) is 22.6 Å². The number of alkyl halides is 1. The lowest BCUT2D eigenvalue weighted by Crippen LogP contribution is -2.33. The topological polar surface area (TPSA) is 62.7 Å². The minimum absolute atomic E-state index is 0.0668. The molecule has 0 bridgehead atoms. The molecule has 2 aliphatic rings. The molecule has 0 saturated carbocycles. The molecule has 2 aromatic carbocycles. The lowest BCUT2D eigenvalue weighted by atomic mass is 9.88. The number of halogens is 1. The number of hydrogen-bond acceptors (Lipinski definition) is 4. The van der Waals surface area contributed by atoms with Gasteiger partial charge in [0.05, 0.1) is 11.7 Å². The number of aliphatic imine (C=N–C) groups is 1. The van der Waals surface area contributed by atoms with Gasteiger partial charge < -0.3 is 15.4 Å². The molecule has 1 amide bonds. The summed E-state index contributed by atoms with van der Waals surface area (Å²) in [6.07, 6.45) is 3.35. The van der Waals surface area contributed by atoms with Gasteiger partial charge in [-0.3, -0.25) is 4.79 Å². The maximum atomic E-state index is 11.4. The van der Waals surface area contributed by atoms with Gasteiger partial charge in [-0.2, -0.15) is 4.99 Å². The van der Waals surface area contributed by atoms with Crippen LogP contribution in [0.5, 0.6) is 0 Å². The zero-order chi connectivity index (χ0) is 17.9. The van der Waals surface area contributed by atoms with E-state index in [0.29, 0.717) is 18.3 Å². The van der Waals surface area contributed by atoms with Crippen LogP contribution in [0.25, 0.3) is 0 Å². The van der Waals surface area contributed by atoms with Crippen LogP contribution in [0.2, 0.25) is 0 Å². The maximum Gasteiger partial charge on any atom is 0.290 e. The van der Waals surface area contributed by atoms with Crippen LogP contribution in [-0.4, -0.2) is 17.8 Å². The van der Waals surface area contributed by atoms with E-state index in [4.69, 9.17) is 16.3 Å². The highest BCUT2D eigenvalue weighted by atomic mass is 35.5. The number of rotatable bonds is 3. The fourth-order valence-electron chi connectivity index (χ4n) is 3.50. The van der Waals surface area contributed by atoms with Gasteiger partial charge in [0, 0.05) is 11.3 Å². The SMILES string of the molecule is O=C(CCl)Nc1ccc2c(c1)COC(N[C@@H]1CCCc3ccccc31)=N2. The first-order valence-corrected chi connectivity index (χ1v) is 9.31. The Morgan fingerprint density at radius 2 is 2.12 bits per heavy atom. The van der Waals surface area contributed by atoms with Crippen molar-refractivity contribution in [3.05, 3.63) is 59.2 Å². The van der Waals surface area contributed by atoms with Crippen molar-refractivity contribution in [2.45, 2.75) is 31.9 Å². The smallest absolute Gasteiger partial charge is 0.290 e. The largest absolute Gasteiger partial charge is 0.460 e. The number of amidine groups is 1. The standard InChI is InChI=1S/C20H20ClN3O2/c21-11-19(25)22-15-8-9-17-14(10-15)12-26-20(23-17)24-18-7-3-5-13-4-1-2-6-16(13)18/h1-2,4,6,8-10,18H,3,5,7,11-12H2,(H,22,25)(H,23,24)/t18-/m1/s1. The van der Waals surface area contributed by atoms with E-state index in [1.165, 1.54) is 11.1 Å². The number of anilines is 1. The number of hydrogen-bond donors (Lipinski definition) is 2. The number of aryl methyl sites for hydroxylation is 1. The van der Waals surface area contributed by atoms with Crippen molar-refractivity contribution in [1.29, 1.82) is 0 Å². The third kappa shape index (κ3) is 3.53. The van der Waals surface area contributed by atoms with Gasteiger partial charge in [0.15, 0.2) is 0 Å². The maximum absolute atomic E-state index is 11.4. The number of amides is 1. The lowest BCUT2D eigenvalue weighted by Gasteiger charge is -2.28. The first-order valence-electron chi connectivity index (χ1n) is 8.77. The fourth-order valence-corrected chi connectivity index (χ4v) is 3.56. The zero-order valence-electron chi connectivity index (χ0n) is 14.3. The number of carbonyl (C=O) groups is 1. The summed E-state index contributed by atoms with van der Waals surface area (Å²) in [7, 11) is 0.